The third-order valence-electron chi connectivity index (χ3n) is 3.15. The number of rotatable bonds is 13. The van der Waals surface area contributed by atoms with E-state index in [1.807, 2.05) is 0 Å². The second kappa shape index (κ2) is 12.0. The third kappa shape index (κ3) is 14.1. The zero-order chi connectivity index (χ0) is 16.1. The lowest BCUT2D eigenvalue weighted by atomic mass is 10.1. The summed E-state index contributed by atoms with van der Waals surface area (Å²) in [6.07, 6.45) is 9.23. The van der Waals surface area contributed by atoms with Crippen molar-refractivity contribution in [3.8, 4) is 0 Å². The van der Waals surface area contributed by atoms with Crippen LogP contribution in [0.1, 0.15) is 78.1 Å². The number of hydrogen-bond donors (Lipinski definition) is 1. The van der Waals surface area contributed by atoms with E-state index in [0.717, 1.165) is 12.8 Å². The molecule has 5 nitrogen and oxygen atoms in total. The molecule has 1 unspecified atom stereocenters. The summed E-state index contributed by atoms with van der Waals surface area (Å²) < 4.78 is 27.0. The molecule has 0 aromatic carbocycles. The summed E-state index contributed by atoms with van der Waals surface area (Å²) in [5, 5.41) is 8.98. The number of aliphatic hydroxyl groups excluding tert-OH is 1. The Morgan fingerprint density at radius 2 is 1.48 bits per heavy atom. The summed E-state index contributed by atoms with van der Waals surface area (Å²) in [4.78, 5) is 11.4. The topological polar surface area (TPSA) is 80.7 Å². The normalized spacial score (nSPS) is 13.1. The van der Waals surface area contributed by atoms with Crippen molar-refractivity contribution >= 4 is 16.1 Å². The van der Waals surface area contributed by atoms with E-state index in [4.69, 9.17) is 5.11 Å². The minimum absolute atomic E-state index is 0.120. The number of carbonyl (C=O) groups excluding carboxylic acids is 1. The molecule has 0 aliphatic carbocycles. The van der Waals surface area contributed by atoms with E-state index in [9.17, 15) is 13.2 Å². The van der Waals surface area contributed by atoms with Gasteiger partial charge in [-0.05, 0) is 13.3 Å². The average molecular weight is 322 g/mol. The van der Waals surface area contributed by atoms with Gasteiger partial charge in [0.2, 0.25) is 0 Å². The minimum Gasteiger partial charge on any atom is -0.392 e. The molecule has 0 saturated carbocycles. The molecule has 21 heavy (non-hydrogen) atoms. The van der Waals surface area contributed by atoms with Gasteiger partial charge in [0, 0.05) is 6.42 Å². The first kappa shape index (κ1) is 20.4. The van der Waals surface area contributed by atoms with Crippen LogP contribution in [0.3, 0.4) is 0 Å². The predicted octanol–water partition coefficient (Wildman–Crippen LogP) is 3.16. The fraction of sp³-hybridized carbons (Fsp3) is 0.933. The maximum atomic E-state index is 11.4. The average Bonchev–Trinajstić information content (AvgIpc) is 2.34. The monoisotopic (exact) mass is 322 g/mol. The highest BCUT2D eigenvalue weighted by molar-refractivity contribution is 7.87. The van der Waals surface area contributed by atoms with Gasteiger partial charge in [-0.2, -0.15) is 8.42 Å². The van der Waals surface area contributed by atoms with E-state index in [-0.39, 0.29) is 6.42 Å². The van der Waals surface area contributed by atoms with E-state index < -0.39 is 27.9 Å². The zero-order valence-corrected chi connectivity index (χ0v) is 14.2. The molecule has 6 heteroatoms. The molecular formula is C15H30O5S. The highest BCUT2D eigenvalue weighted by Gasteiger charge is 2.19. The molecule has 0 amide bonds. The largest absolute Gasteiger partial charge is 0.392 e. The lowest BCUT2D eigenvalue weighted by Gasteiger charge is -2.07. The van der Waals surface area contributed by atoms with Gasteiger partial charge in [0.15, 0.2) is 0 Å². The molecule has 0 aliphatic rings. The molecule has 1 N–H and O–H groups in total. The van der Waals surface area contributed by atoms with E-state index in [1.54, 1.807) is 0 Å². The van der Waals surface area contributed by atoms with Crippen LogP contribution in [0.15, 0.2) is 0 Å². The van der Waals surface area contributed by atoms with Crippen LogP contribution < -0.4 is 0 Å². The molecule has 0 fully saturated rings. The zero-order valence-electron chi connectivity index (χ0n) is 13.3. The lowest BCUT2D eigenvalue weighted by Crippen LogP contribution is -2.22. The molecular weight excluding hydrogens is 292 g/mol. The standard InChI is InChI=1S/C15H30O5S/c1-3-4-5-6-7-8-9-10-11-12-15(17)20-21(18,19)13-14(2)16/h14,16H,3-13H2,1-2H3. The summed E-state index contributed by atoms with van der Waals surface area (Å²) in [5.74, 6) is -1.27. The Bertz CT molecular complexity index is 362. The Hall–Kier alpha value is -0.620. The number of aliphatic hydroxyl groups is 1. The minimum atomic E-state index is -3.94. The first-order chi connectivity index (χ1) is 9.87. The summed E-state index contributed by atoms with van der Waals surface area (Å²) in [6.45, 7) is 3.53. The Morgan fingerprint density at radius 1 is 1.00 bits per heavy atom. The van der Waals surface area contributed by atoms with Crippen LogP contribution in [0.5, 0.6) is 0 Å². The van der Waals surface area contributed by atoms with Crippen molar-refractivity contribution < 1.29 is 22.5 Å². The predicted molar refractivity (Wildman–Crippen MR) is 83.4 cm³/mol. The summed E-state index contributed by atoms with van der Waals surface area (Å²) in [6, 6.07) is 0. The van der Waals surface area contributed by atoms with Crippen LogP contribution in [0.4, 0.5) is 0 Å². The van der Waals surface area contributed by atoms with Gasteiger partial charge in [0.1, 0.15) is 5.75 Å². The van der Waals surface area contributed by atoms with E-state index in [0.29, 0.717) is 6.42 Å². The summed E-state index contributed by atoms with van der Waals surface area (Å²) in [7, 11) is -3.94. The molecule has 0 heterocycles. The fourth-order valence-electron chi connectivity index (χ4n) is 2.09. The van der Waals surface area contributed by atoms with Gasteiger partial charge in [-0.25, -0.2) is 0 Å². The van der Waals surface area contributed by atoms with Gasteiger partial charge in [0.05, 0.1) is 6.10 Å². The van der Waals surface area contributed by atoms with Gasteiger partial charge >= 0.3 is 16.1 Å². The number of unbranched alkanes of at least 4 members (excludes halogenated alkanes) is 8. The molecule has 0 bridgehead atoms. The smallest absolute Gasteiger partial charge is 0.322 e. The molecule has 0 radical (unpaired) electrons. The van der Waals surface area contributed by atoms with Crippen LogP contribution >= 0.6 is 0 Å². The summed E-state index contributed by atoms with van der Waals surface area (Å²) >= 11 is 0. The van der Waals surface area contributed by atoms with Crippen molar-refractivity contribution in [3.63, 3.8) is 0 Å². The van der Waals surface area contributed by atoms with Crippen LogP contribution in [0.25, 0.3) is 0 Å². The lowest BCUT2D eigenvalue weighted by molar-refractivity contribution is -0.133. The summed E-state index contributed by atoms with van der Waals surface area (Å²) in [5.41, 5.74) is 0. The molecule has 0 rings (SSSR count). The number of hydrogen-bond acceptors (Lipinski definition) is 5. The second-order valence-electron chi connectivity index (χ2n) is 5.61. The fourth-order valence-corrected chi connectivity index (χ4v) is 3.12. The van der Waals surface area contributed by atoms with E-state index in [1.165, 1.54) is 45.4 Å². The Labute approximate surface area is 129 Å². The first-order valence-corrected chi connectivity index (χ1v) is 9.58. The highest BCUT2D eigenvalue weighted by atomic mass is 32.2. The highest BCUT2D eigenvalue weighted by Crippen LogP contribution is 2.11. The Morgan fingerprint density at radius 3 is 1.95 bits per heavy atom. The van der Waals surface area contributed by atoms with Gasteiger partial charge in [-0.3, -0.25) is 4.79 Å². The SMILES string of the molecule is CCCCCCCCCCCC(=O)OS(=O)(=O)CC(C)O. The van der Waals surface area contributed by atoms with Crippen molar-refractivity contribution in [3.05, 3.63) is 0 Å². The van der Waals surface area contributed by atoms with Crippen LogP contribution in [-0.2, 0) is 19.1 Å². The van der Waals surface area contributed by atoms with Crippen molar-refractivity contribution in [1.29, 1.82) is 0 Å². The third-order valence-corrected chi connectivity index (χ3v) is 4.48. The molecule has 0 aliphatic heterocycles. The Kier molecular flexibility index (Phi) is 11.6. The molecule has 0 aromatic heterocycles. The first-order valence-electron chi connectivity index (χ1n) is 8.00. The maximum absolute atomic E-state index is 11.4. The van der Waals surface area contributed by atoms with Gasteiger partial charge < -0.3 is 9.29 Å². The molecule has 1 atom stereocenters. The van der Waals surface area contributed by atoms with Crippen LogP contribution in [-0.4, -0.2) is 31.4 Å². The number of carbonyl (C=O) groups is 1. The van der Waals surface area contributed by atoms with Gasteiger partial charge in [-0.15, -0.1) is 0 Å². The van der Waals surface area contributed by atoms with Crippen molar-refractivity contribution in [2.45, 2.75) is 84.2 Å². The van der Waals surface area contributed by atoms with E-state index >= 15 is 0 Å². The van der Waals surface area contributed by atoms with Crippen molar-refractivity contribution in [2.24, 2.45) is 0 Å². The maximum Gasteiger partial charge on any atom is 0.322 e. The molecule has 126 valence electrons. The van der Waals surface area contributed by atoms with Crippen molar-refractivity contribution in [2.75, 3.05) is 5.75 Å². The Balaban J connectivity index is 3.54. The van der Waals surface area contributed by atoms with Crippen molar-refractivity contribution in [1.82, 2.24) is 0 Å². The van der Waals surface area contributed by atoms with Gasteiger partial charge in [-0.1, -0.05) is 58.3 Å². The van der Waals surface area contributed by atoms with Gasteiger partial charge in [0.25, 0.3) is 0 Å². The molecule has 0 saturated heterocycles. The van der Waals surface area contributed by atoms with E-state index in [2.05, 4.69) is 11.1 Å². The quantitative estimate of drug-likeness (QED) is 0.416. The second-order valence-corrected chi connectivity index (χ2v) is 7.22. The molecule has 0 spiro atoms. The van der Waals surface area contributed by atoms with Crippen LogP contribution in [0.2, 0.25) is 0 Å². The molecule has 0 aromatic rings. The van der Waals surface area contributed by atoms with Crippen LogP contribution in [0, 0.1) is 0 Å².